The molecule has 0 spiro atoms. The van der Waals surface area contributed by atoms with Crippen LogP contribution in [0.25, 0.3) is 16.7 Å². The Balaban J connectivity index is 0.00000147. The molecule has 0 amide bonds. The lowest BCUT2D eigenvalue weighted by Gasteiger charge is -2.05. The van der Waals surface area contributed by atoms with E-state index < -0.39 is 0 Å². The maximum atomic E-state index is 13.5. The monoisotopic (exact) mass is 816 g/mol. The zero-order valence-corrected chi connectivity index (χ0v) is 21.4. The number of halogens is 6. The van der Waals surface area contributed by atoms with Gasteiger partial charge in [0.2, 0.25) is 0 Å². The van der Waals surface area contributed by atoms with Crippen LogP contribution >= 0.6 is 111 Å². The topological polar surface area (TPSA) is 27.1 Å². The molecule has 2 aromatic carbocycles. The molecule has 0 aliphatic carbocycles. The summed E-state index contributed by atoms with van der Waals surface area (Å²) in [5.41, 5.74) is 2.35. The molecule has 0 aliphatic rings. The van der Waals surface area contributed by atoms with Gasteiger partial charge in [0.15, 0.2) is 23.0 Å². The first-order chi connectivity index (χ1) is 9.19. The van der Waals surface area contributed by atoms with Crippen LogP contribution in [0.4, 0.5) is 4.39 Å². The number of benzene rings is 2. The molecule has 1 aromatic heterocycles. The smallest absolute Gasteiger partial charge is 0.192 e. The highest BCUT2D eigenvalue weighted by atomic mass is 127. The molecule has 0 saturated heterocycles. The Kier molecular flexibility index (Phi) is 10.6. The van der Waals surface area contributed by atoms with Gasteiger partial charge in [0, 0.05) is 16.2 Å². The van der Waals surface area contributed by atoms with Crippen molar-refractivity contribution in [3.8, 4) is 11.4 Å². The van der Waals surface area contributed by atoms with Crippen molar-refractivity contribution in [3.63, 3.8) is 0 Å². The normalized spacial score (nSPS) is 9.41. The van der Waals surface area contributed by atoms with Crippen molar-refractivity contribution in [2.24, 2.45) is 0 Å². The first-order valence-electron chi connectivity index (χ1n) is 5.40. The summed E-state index contributed by atoms with van der Waals surface area (Å²) in [5.74, 6) is 0.467. The van der Waals surface area contributed by atoms with Gasteiger partial charge >= 0.3 is 0 Å². The number of aromatic nitrogens is 2. The van der Waals surface area contributed by atoms with Crippen molar-refractivity contribution in [3.05, 3.63) is 53.0 Å². The lowest BCUT2D eigenvalue weighted by atomic mass is 10.2. The molecular formula is C13H10BrFI4N2O. The minimum absolute atomic E-state index is 0. The molecule has 1 heterocycles. The van der Waals surface area contributed by atoms with Crippen molar-refractivity contribution in [1.29, 1.82) is 0 Å². The molecule has 3 aromatic rings. The highest BCUT2D eigenvalue weighted by Gasteiger charge is 2.09. The maximum Gasteiger partial charge on any atom is 0.192 e. The molecular weight excluding hydrogens is 807 g/mol. The molecule has 0 radical (unpaired) electrons. The molecule has 120 valence electrons. The molecule has 22 heavy (non-hydrogen) atoms. The average Bonchev–Trinajstić information content (AvgIpc) is 2.83. The van der Waals surface area contributed by atoms with Crippen LogP contribution in [0.2, 0.25) is 0 Å². The van der Waals surface area contributed by atoms with Crippen LogP contribution in [0.1, 0.15) is 0 Å². The molecule has 0 fully saturated rings. The van der Waals surface area contributed by atoms with E-state index in [1.165, 1.54) is 12.1 Å². The van der Waals surface area contributed by atoms with Crippen molar-refractivity contribution >= 4 is 122 Å². The van der Waals surface area contributed by atoms with Crippen molar-refractivity contribution < 1.29 is 7.46 Å². The zero-order chi connectivity index (χ0) is 13.4. The third-order valence-electron chi connectivity index (χ3n) is 2.77. The van der Waals surface area contributed by atoms with E-state index in [0.717, 1.165) is 22.5 Å². The molecule has 3 nitrogen and oxygen atoms in total. The van der Waals surface area contributed by atoms with Gasteiger partial charge in [-0.15, -0.1) is 71.9 Å². The summed E-state index contributed by atoms with van der Waals surface area (Å²) >= 11 is 5.15. The second kappa shape index (κ2) is 10.1. The van der Waals surface area contributed by atoms with E-state index in [0.29, 0.717) is 4.47 Å². The van der Waals surface area contributed by atoms with Crippen LogP contribution in [0.5, 0.6) is 5.75 Å². The van der Waals surface area contributed by atoms with Crippen LogP contribution in [0, 0.1) is 5.82 Å². The minimum atomic E-state index is -0.298. The number of nitrogens with zero attached hydrogens (tertiary/aromatic N) is 2. The number of rotatable bonds is 2. The summed E-state index contributed by atoms with van der Waals surface area (Å²) < 4.78 is 21.1. The summed E-state index contributed by atoms with van der Waals surface area (Å²) in [6.45, 7) is 0. The van der Waals surface area contributed by atoms with Crippen LogP contribution in [0.3, 0.4) is 0 Å². The predicted octanol–water partition coefficient (Wildman–Crippen LogP) is 6.51. The Labute approximate surface area is 200 Å². The molecule has 3 rings (SSSR count). The number of hydrogen-bond donors (Lipinski definition) is 0. The third-order valence-corrected chi connectivity index (χ3v) is 3.89. The van der Waals surface area contributed by atoms with Gasteiger partial charge in [-0.3, -0.25) is 4.57 Å². The van der Waals surface area contributed by atoms with E-state index in [1.807, 2.05) is 51.8 Å². The van der Waals surface area contributed by atoms with Crippen molar-refractivity contribution in [2.75, 3.05) is 0 Å². The maximum absolute atomic E-state index is 13.5. The summed E-state index contributed by atoms with van der Waals surface area (Å²) in [6.07, 6.45) is 1.68. The lowest BCUT2D eigenvalue weighted by Crippen LogP contribution is -1.92. The quantitative estimate of drug-likeness (QED) is 0.276. The molecule has 0 aliphatic heterocycles. The summed E-state index contributed by atoms with van der Waals surface area (Å²) in [5, 5.41) is 0. The lowest BCUT2D eigenvalue weighted by molar-refractivity contribution is 0.628. The van der Waals surface area contributed by atoms with E-state index in [-0.39, 0.29) is 77.7 Å². The zero-order valence-electron chi connectivity index (χ0n) is 10.7. The molecule has 0 unspecified atom stereocenters. The fraction of sp³-hybridized carbons (Fsp3) is 0. The van der Waals surface area contributed by atoms with Gasteiger partial charge in [-0.1, -0.05) is 0 Å². The second-order valence-electron chi connectivity index (χ2n) is 3.94. The van der Waals surface area contributed by atoms with Crippen LogP contribution in [0.15, 0.2) is 47.2 Å². The number of hydrogen-bond acceptors (Lipinski definition) is 2. The Hall–Kier alpha value is 1.04. The molecule has 0 bridgehead atoms. The fourth-order valence-electron chi connectivity index (χ4n) is 1.91. The summed E-state index contributed by atoms with van der Waals surface area (Å²) in [4.78, 5) is 4.29. The van der Waals surface area contributed by atoms with Crippen LogP contribution < -0.4 is 3.07 Å². The molecule has 0 saturated carbocycles. The average molecular weight is 817 g/mol. The fourth-order valence-corrected chi connectivity index (χ4v) is 2.72. The van der Waals surface area contributed by atoms with Gasteiger partial charge < -0.3 is 3.07 Å². The number of imidazole rings is 1. The van der Waals surface area contributed by atoms with E-state index in [4.69, 9.17) is 3.07 Å². The van der Waals surface area contributed by atoms with Gasteiger partial charge in [-0.2, -0.15) is 0 Å². The first kappa shape index (κ1) is 23.0. The van der Waals surface area contributed by atoms with Crippen molar-refractivity contribution in [2.45, 2.75) is 0 Å². The Morgan fingerprint density at radius 2 is 1.73 bits per heavy atom. The van der Waals surface area contributed by atoms with Crippen LogP contribution in [-0.4, -0.2) is 9.55 Å². The van der Waals surface area contributed by atoms with E-state index in [1.54, 1.807) is 6.33 Å². The molecule has 0 N–H and O–H groups in total. The summed E-state index contributed by atoms with van der Waals surface area (Å²) in [6, 6.07) is 10.4. The first-order valence-corrected chi connectivity index (χ1v) is 7.07. The molecule has 0 atom stereocenters. The van der Waals surface area contributed by atoms with Gasteiger partial charge in [-0.25, -0.2) is 9.37 Å². The van der Waals surface area contributed by atoms with Gasteiger partial charge in [0.05, 0.1) is 5.52 Å². The number of fused-ring (bicyclic) bond motifs is 1. The Bertz CT molecular complexity index is 752. The van der Waals surface area contributed by atoms with Crippen LogP contribution in [-0.2, 0) is 0 Å². The minimum Gasteiger partial charge on any atom is -0.428 e. The van der Waals surface area contributed by atoms with E-state index in [9.17, 15) is 4.39 Å². The largest absolute Gasteiger partial charge is 0.428 e. The van der Waals surface area contributed by atoms with Gasteiger partial charge in [-0.05, 0) is 46.3 Å². The SMILES string of the molecule is Fc1cc(Br)c2ncn(-c3ccc(OI)cc3)c2c1.I.I.I. The Morgan fingerprint density at radius 1 is 1.09 bits per heavy atom. The van der Waals surface area contributed by atoms with Gasteiger partial charge in [0.1, 0.15) is 23.4 Å². The van der Waals surface area contributed by atoms with Crippen molar-refractivity contribution in [1.82, 2.24) is 9.55 Å². The Morgan fingerprint density at radius 3 is 2.32 bits per heavy atom. The standard InChI is InChI=1S/C13H7BrFIN2O.3HI/c14-11-5-8(15)6-12-13(11)17-7-18(12)9-1-3-10(19-16)4-2-9;;;/h1-7H;3*1H. The highest BCUT2D eigenvalue weighted by Crippen LogP contribution is 2.27. The third kappa shape index (κ3) is 4.78. The van der Waals surface area contributed by atoms with E-state index >= 15 is 0 Å². The second-order valence-corrected chi connectivity index (χ2v) is 5.24. The summed E-state index contributed by atoms with van der Waals surface area (Å²) in [7, 11) is 0. The highest BCUT2D eigenvalue weighted by molar-refractivity contribution is 14.1. The molecule has 9 heteroatoms. The van der Waals surface area contributed by atoms with Gasteiger partial charge in [0.25, 0.3) is 0 Å². The van der Waals surface area contributed by atoms with E-state index in [2.05, 4.69) is 20.9 Å². The predicted molar refractivity (Wildman–Crippen MR) is 130 cm³/mol.